The molecule has 0 radical (unpaired) electrons. The third-order valence-electron chi connectivity index (χ3n) is 3.36. The van der Waals surface area contributed by atoms with E-state index in [4.69, 9.17) is 4.84 Å². The third kappa shape index (κ3) is 5.05. The zero-order chi connectivity index (χ0) is 16.7. The summed E-state index contributed by atoms with van der Waals surface area (Å²) in [5.74, 6) is -0.735. The molecule has 2 amide bonds. The minimum absolute atomic E-state index is 0.0947. The number of nitrogens with zero attached hydrogens (tertiary/aromatic N) is 1. The van der Waals surface area contributed by atoms with Crippen LogP contribution in [-0.4, -0.2) is 36.7 Å². The zero-order valence-electron chi connectivity index (χ0n) is 13.0. The van der Waals surface area contributed by atoms with Crippen molar-refractivity contribution in [3.8, 4) is 0 Å². The van der Waals surface area contributed by atoms with Gasteiger partial charge in [-0.3, -0.25) is 9.59 Å². The Hall–Kier alpha value is -2.44. The van der Waals surface area contributed by atoms with E-state index in [0.29, 0.717) is 18.7 Å². The SMILES string of the molecule is CCCNC(=O)CCNC(=O)[C@@H]1CC(c2ccc(F)cc2)=NO1. The molecule has 0 saturated carbocycles. The van der Waals surface area contributed by atoms with Crippen LogP contribution >= 0.6 is 0 Å². The van der Waals surface area contributed by atoms with Crippen LogP contribution in [0.2, 0.25) is 0 Å². The molecule has 2 rings (SSSR count). The summed E-state index contributed by atoms with van der Waals surface area (Å²) in [4.78, 5) is 28.5. The van der Waals surface area contributed by atoms with Crippen molar-refractivity contribution in [2.24, 2.45) is 5.16 Å². The number of nitrogens with one attached hydrogen (secondary N) is 2. The molecule has 0 aliphatic carbocycles. The largest absolute Gasteiger partial charge is 0.382 e. The van der Waals surface area contributed by atoms with Crippen LogP contribution < -0.4 is 10.6 Å². The molecule has 1 heterocycles. The molecule has 0 fully saturated rings. The molecular weight excluding hydrogens is 301 g/mol. The average molecular weight is 321 g/mol. The fraction of sp³-hybridized carbons (Fsp3) is 0.438. The second-order valence-corrected chi connectivity index (χ2v) is 5.23. The second kappa shape index (κ2) is 8.26. The van der Waals surface area contributed by atoms with Crippen molar-refractivity contribution in [3.05, 3.63) is 35.6 Å². The van der Waals surface area contributed by atoms with E-state index in [-0.39, 0.29) is 30.6 Å². The quantitative estimate of drug-likeness (QED) is 0.795. The van der Waals surface area contributed by atoms with E-state index in [0.717, 1.165) is 12.0 Å². The first kappa shape index (κ1) is 16.9. The molecule has 0 unspecified atom stereocenters. The van der Waals surface area contributed by atoms with Gasteiger partial charge in [-0.2, -0.15) is 0 Å². The lowest BCUT2D eigenvalue weighted by Crippen LogP contribution is -2.37. The molecule has 1 aromatic rings. The number of carbonyl (C=O) groups excluding carboxylic acids is 2. The van der Waals surface area contributed by atoms with Gasteiger partial charge in [-0.25, -0.2) is 4.39 Å². The summed E-state index contributed by atoms with van der Waals surface area (Å²) < 4.78 is 12.9. The lowest BCUT2D eigenvalue weighted by Gasteiger charge is -2.09. The molecule has 1 aliphatic rings. The number of carbonyl (C=O) groups is 2. The first-order valence-electron chi connectivity index (χ1n) is 7.63. The van der Waals surface area contributed by atoms with E-state index in [1.165, 1.54) is 12.1 Å². The lowest BCUT2D eigenvalue weighted by molar-refractivity contribution is -0.131. The molecule has 2 N–H and O–H groups in total. The van der Waals surface area contributed by atoms with E-state index < -0.39 is 6.10 Å². The first-order chi connectivity index (χ1) is 11.1. The number of amides is 2. The highest BCUT2D eigenvalue weighted by Crippen LogP contribution is 2.17. The summed E-state index contributed by atoms with van der Waals surface area (Å²) in [6.07, 6.45) is 0.704. The van der Waals surface area contributed by atoms with Crippen LogP contribution in [0.5, 0.6) is 0 Å². The Kier molecular flexibility index (Phi) is 6.08. The summed E-state index contributed by atoms with van der Waals surface area (Å²) >= 11 is 0. The Bertz CT molecular complexity index is 587. The number of benzene rings is 1. The van der Waals surface area contributed by atoms with Gasteiger partial charge in [-0.15, -0.1) is 0 Å². The Morgan fingerprint density at radius 1 is 1.26 bits per heavy atom. The predicted octanol–water partition coefficient (Wildman–Crippen LogP) is 1.35. The fourth-order valence-electron chi connectivity index (χ4n) is 2.10. The third-order valence-corrected chi connectivity index (χ3v) is 3.36. The van der Waals surface area contributed by atoms with Crippen molar-refractivity contribution in [3.63, 3.8) is 0 Å². The topological polar surface area (TPSA) is 79.8 Å². The highest BCUT2D eigenvalue weighted by Gasteiger charge is 2.28. The molecule has 0 saturated heterocycles. The Labute approximate surface area is 134 Å². The summed E-state index contributed by atoms with van der Waals surface area (Å²) in [6.45, 7) is 2.85. The van der Waals surface area contributed by atoms with Gasteiger partial charge >= 0.3 is 0 Å². The van der Waals surface area contributed by atoms with E-state index in [2.05, 4.69) is 15.8 Å². The number of halogens is 1. The van der Waals surface area contributed by atoms with E-state index in [1.807, 2.05) is 6.92 Å². The van der Waals surface area contributed by atoms with Gasteiger partial charge in [0.15, 0.2) is 0 Å². The highest BCUT2D eigenvalue weighted by molar-refractivity contribution is 6.04. The molecule has 6 nitrogen and oxygen atoms in total. The van der Waals surface area contributed by atoms with Gasteiger partial charge in [-0.1, -0.05) is 24.2 Å². The Balaban J connectivity index is 1.73. The van der Waals surface area contributed by atoms with E-state index in [9.17, 15) is 14.0 Å². The van der Waals surface area contributed by atoms with Crippen molar-refractivity contribution in [2.45, 2.75) is 32.3 Å². The van der Waals surface area contributed by atoms with Crippen molar-refractivity contribution in [1.29, 1.82) is 0 Å². The zero-order valence-corrected chi connectivity index (χ0v) is 13.0. The molecule has 1 aliphatic heterocycles. The van der Waals surface area contributed by atoms with Gasteiger partial charge in [0.05, 0.1) is 5.71 Å². The lowest BCUT2D eigenvalue weighted by atomic mass is 10.0. The minimum Gasteiger partial charge on any atom is -0.382 e. The fourth-order valence-corrected chi connectivity index (χ4v) is 2.10. The molecule has 23 heavy (non-hydrogen) atoms. The van der Waals surface area contributed by atoms with E-state index in [1.54, 1.807) is 12.1 Å². The van der Waals surface area contributed by atoms with Crippen molar-refractivity contribution in [1.82, 2.24) is 10.6 Å². The van der Waals surface area contributed by atoms with Crippen LogP contribution in [0.1, 0.15) is 31.7 Å². The molecule has 0 bridgehead atoms. The molecule has 0 spiro atoms. The van der Waals surface area contributed by atoms with Gasteiger partial charge in [0.1, 0.15) is 5.82 Å². The maximum Gasteiger partial charge on any atom is 0.264 e. The number of oxime groups is 1. The summed E-state index contributed by atoms with van der Waals surface area (Å²) in [7, 11) is 0. The van der Waals surface area contributed by atoms with Crippen LogP contribution in [0.3, 0.4) is 0 Å². The van der Waals surface area contributed by atoms with Gasteiger partial charge in [0, 0.05) is 25.9 Å². The van der Waals surface area contributed by atoms with Crippen LogP contribution in [0.15, 0.2) is 29.4 Å². The van der Waals surface area contributed by atoms with Crippen molar-refractivity contribution < 1.29 is 18.8 Å². The maximum atomic E-state index is 12.9. The number of rotatable bonds is 7. The van der Waals surface area contributed by atoms with Gasteiger partial charge < -0.3 is 15.5 Å². The molecule has 1 aromatic carbocycles. The minimum atomic E-state index is -0.714. The molecule has 0 aromatic heterocycles. The average Bonchev–Trinajstić information content (AvgIpc) is 3.03. The summed E-state index contributed by atoms with van der Waals surface area (Å²) in [6, 6.07) is 5.85. The van der Waals surface area contributed by atoms with Crippen molar-refractivity contribution >= 4 is 17.5 Å². The maximum absolute atomic E-state index is 12.9. The van der Waals surface area contributed by atoms with Crippen LogP contribution in [0, 0.1) is 5.82 Å². The molecule has 7 heteroatoms. The highest BCUT2D eigenvalue weighted by atomic mass is 19.1. The van der Waals surface area contributed by atoms with Crippen LogP contribution in [0.25, 0.3) is 0 Å². The van der Waals surface area contributed by atoms with Gasteiger partial charge in [0.2, 0.25) is 12.0 Å². The molecule has 124 valence electrons. The van der Waals surface area contributed by atoms with Crippen molar-refractivity contribution in [2.75, 3.05) is 13.1 Å². The molecule has 1 atom stereocenters. The smallest absolute Gasteiger partial charge is 0.264 e. The van der Waals surface area contributed by atoms with Gasteiger partial charge in [0.25, 0.3) is 5.91 Å². The van der Waals surface area contributed by atoms with E-state index >= 15 is 0 Å². The molecular formula is C16H20FN3O3. The first-order valence-corrected chi connectivity index (χ1v) is 7.63. The normalized spacial score (nSPS) is 16.4. The van der Waals surface area contributed by atoms with Gasteiger partial charge in [-0.05, 0) is 24.1 Å². The van der Waals surface area contributed by atoms with Crippen LogP contribution in [0.4, 0.5) is 4.39 Å². The Morgan fingerprint density at radius 3 is 2.70 bits per heavy atom. The number of hydrogen-bond acceptors (Lipinski definition) is 4. The summed E-state index contributed by atoms with van der Waals surface area (Å²) in [5, 5.41) is 9.26. The number of hydrogen-bond donors (Lipinski definition) is 2. The standard InChI is InChI=1S/C16H20FN3O3/c1-2-8-18-15(21)7-9-19-16(22)14-10-13(20-23-14)11-3-5-12(17)6-4-11/h3-6,14H,2,7-10H2,1H3,(H,18,21)(H,19,22)/t14-/m0/s1. The summed E-state index contributed by atoms with van der Waals surface area (Å²) in [5.41, 5.74) is 1.33. The Morgan fingerprint density at radius 2 is 2.00 bits per heavy atom. The monoisotopic (exact) mass is 321 g/mol. The second-order valence-electron chi connectivity index (χ2n) is 5.23. The predicted molar refractivity (Wildman–Crippen MR) is 83.4 cm³/mol. The van der Waals surface area contributed by atoms with Crippen LogP contribution in [-0.2, 0) is 14.4 Å².